The van der Waals surface area contributed by atoms with E-state index in [1.54, 1.807) is 0 Å². The van der Waals surface area contributed by atoms with Crippen LogP contribution < -0.4 is 10.6 Å². The van der Waals surface area contributed by atoms with Crippen molar-refractivity contribution in [2.24, 2.45) is 5.92 Å². The number of aromatic nitrogens is 3. The van der Waals surface area contributed by atoms with Crippen LogP contribution in [0.5, 0.6) is 0 Å². The number of hydrogen-bond acceptors (Lipinski definition) is 5. The third-order valence-electron chi connectivity index (χ3n) is 5.30. The minimum absolute atomic E-state index is 0.0617. The maximum absolute atomic E-state index is 12.1. The fourth-order valence-corrected chi connectivity index (χ4v) is 4.30. The smallest absolute Gasteiger partial charge is 0.243 e. The monoisotopic (exact) mass is 415 g/mol. The molecule has 0 aliphatic heterocycles. The Balaban J connectivity index is 1.36. The van der Waals surface area contributed by atoms with Crippen LogP contribution in [-0.2, 0) is 16.0 Å². The third kappa shape index (κ3) is 6.59. The van der Waals surface area contributed by atoms with Gasteiger partial charge in [-0.15, -0.1) is 5.10 Å². The first-order valence-corrected chi connectivity index (χ1v) is 11.2. The number of amides is 2. The molecule has 0 atom stereocenters. The van der Waals surface area contributed by atoms with E-state index < -0.39 is 0 Å². The van der Waals surface area contributed by atoms with Crippen molar-refractivity contribution in [3.8, 4) is 0 Å². The maximum atomic E-state index is 12.1. The fraction of sp³-hybridized carbons (Fsp3) is 0.524. The molecule has 1 aliphatic rings. The number of carbonyl (C=O) groups is 2. The van der Waals surface area contributed by atoms with Gasteiger partial charge >= 0.3 is 0 Å². The van der Waals surface area contributed by atoms with Gasteiger partial charge in [-0.1, -0.05) is 55.6 Å². The van der Waals surface area contributed by atoms with Gasteiger partial charge in [0.1, 0.15) is 5.82 Å². The van der Waals surface area contributed by atoms with Crippen LogP contribution in [0.2, 0.25) is 0 Å². The number of nitrogens with one attached hydrogen (secondary N) is 3. The maximum Gasteiger partial charge on any atom is 0.243 e. The second-order valence-corrected chi connectivity index (χ2v) is 8.58. The van der Waals surface area contributed by atoms with Crippen LogP contribution in [0.3, 0.4) is 0 Å². The largest absolute Gasteiger partial charge is 0.346 e. The van der Waals surface area contributed by atoms with Gasteiger partial charge in [0, 0.05) is 12.1 Å². The number of thioether (sulfide) groups is 1. The lowest BCUT2D eigenvalue weighted by Crippen LogP contribution is -2.34. The summed E-state index contributed by atoms with van der Waals surface area (Å²) in [6.45, 7) is 3.82. The third-order valence-corrected chi connectivity index (χ3v) is 6.15. The van der Waals surface area contributed by atoms with Crippen molar-refractivity contribution in [1.29, 1.82) is 0 Å². The summed E-state index contributed by atoms with van der Waals surface area (Å²) >= 11 is 1.27. The number of aryl methyl sites for hydroxylation is 3. The van der Waals surface area contributed by atoms with Crippen molar-refractivity contribution in [1.82, 2.24) is 20.5 Å². The normalized spacial score (nSPS) is 14.1. The molecule has 1 aromatic carbocycles. The first kappa shape index (κ1) is 21.4. The van der Waals surface area contributed by atoms with Gasteiger partial charge in [-0.2, -0.15) is 0 Å². The van der Waals surface area contributed by atoms with E-state index in [0.717, 1.165) is 41.4 Å². The van der Waals surface area contributed by atoms with Gasteiger partial charge in [0.2, 0.25) is 17.0 Å². The van der Waals surface area contributed by atoms with Crippen molar-refractivity contribution < 1.29 is 9.59 Å². The Morgan fingerprint density at radius 2 is 1.90 bits per heavy atom. The molecular weight excluding hydrogens is 386 g/mol. The van der Waals surface area contributed by atoms with E-state index in [1.165, 1.54) is 37.4 Å². The number of para-hydroxylation sites is 1. The van der Waals surface area contributed by atoms with Crippen LogP contribution in [0.4, 0.5) is 5.69 Å². The highest BCUT2D eigenvalue weighted by molar-refractivity contribution is 7.99. The van der Waals surface area contributed by atoms with Crippen molar-refractivity contribution in [2.45, 2.75) is 57.5 Å². The first-order chi connectivity index (χ1) is 14.0. The van der Waals surface area contributed by atoms with Crippen LogP contribution in [-0.4, -0.2) is 39.3 Å². The zero-order chi connectivity index (χ0) is 20.6. The van der Waals surface area contributed by atoms with Crippen molar-refractivity contribution in [3.05, 3.63) is 35.2 Å². The molecule has 2 amide bonds. The summed E-state index contributed by atoms with van der Waals surface area (Å²) in [6.07, 6.45) is 7.40. The Morgan fingerprint density at radius 3 is 2.62 bits per heavy atom. The highest BCUT2D eigenvalue weighted by atomic mass is 32.2. The SMILES string of the molecule is Cc1cccc(C)c1NC(=O)CNC(=O)CSc1n[nH]c(CCC2CCCC2)n1. The van der Waals surface area contributed by atoms with Gasteiger partial charge in [-0.25, -0.2) is 4.98 Å². The molecule has 0 saturated heterocycles. The molecule has 0 unspecified atom stereocenters. The topological polar surface area (TPSA) is 99.8 Å². The summed E-state index contributed by atoms with van der Waals surface area (Å²) in [6, 6.07) is 5.83. The zero-order valence-electron chi connectivity index (χ0n) is 17.1. The quantitative estimate of drug-likeness (QED) is 0.545. The molecule has 3 N–H and O–H groups in total. The molecule has 156 valence electrons. The van der Waals surface area contributed by atoms with Gasteiger partial charge in [0.15, 0.2) is 0 Å². The Morgan fingerprint density at radius 1 is 1.17 bits per heavy atom. The average molecular weight is 416 g/mol. The molecule has 7 nitrogen and oxygen atoms in total. The zero-order valence-corrected chi connectivity index (χ0v) is 17.9. The minimum atomic E-state index is -0.243. The molecule has 1 fully saturated rings. The molecule has 1 aliphatic carbocycles. The lowest BCUT2D eigenvalue weighted by atomic mass is 10.0. The molecule has 8 heteroatoms. The number of aromatic amines is 1. The van der Waals surface area contributed by atoms with E-state index >= 15 is 0 Å². The van der Waals surface area contributed by atoms with Crippen LogP contribution in [0.1, 0.15) is 49.1 Å². The van der Waals surface area contributed by atoms with Crippen molar-refractivity contribution in [2.75, 3.05) is 17.6 Å². The average Bonchev–Trinajstić information content (AvgIpc) is 3.38. The first-order valence-electron chi connectivity index (χ1n) is 10.2. The number of anilines is 1. The molecule has 0 bridgehead atoms. The van der Waals surface area contributed by atoms with E-state index in [4.69, 9.17) is 0 Å². The Hall–Kier alpha value is -2.35. The highest BCUT2D eigenvalue weighted by Crippen LogP contribution is 2.28. The van der Waals surface area contributed by atoms with E-state index in [2.05, 4.69) is 25.8 Å². The number of nitrogens with zero attached hydrogens (tertiary/aromatic N) is 2. The fourth-order valence-electron chi connectivity index (χ4n) is 3.65. The molecule has 0 radical (unpaired) electrons. The second-order valence-electron chi connectivity index (χ2n) is 7.63. The number of hydrogen-bond donors (Lipinski definition) is 3. The second kappa shape index (κ2) is 10.4. The molecule has 1 heterocycles. The van der Waals surface area contributed by atoms with E-state index in [-0.39, 0.29) is 24.1 Å². The molecule has 2 aromatic rings. The van der Waals surface area contributed by atoms with Gasteiger partial charge in [0.05, 0.1) is 12.3 Å². The lowest BCUT2D eigenvalue weighted by molar-refractivity contribution is -0.122. The van der Waals surface area contributed by atoms with Crippen LogP contribution in [0, 0.1) is 19.8 Å². The minimum Gasteiger partial charge on any atom is -0.346 e. The predicted octanol–water partition coefficient (Wildman–Crippen LogP) is 3.39. The molecule has 1 saturated carbocycles. The van der Waals surface area contributed by atoms with Crippen molar-refractivity contribution >= 4 is 29.3 Å². The summed E-state index contributed by atoms with van der Waals surface area (Å²) in [5.74, 6) is 1.41. The number of carbonyl (C=O) groups excluding carboxylic acids is 2. The van der Waals surface area contributed by atoms with Gasteiger partial charge in [-0.05, 0) is 37.3 Å². The van der Waals surface area contributed by atoms with Crippen molar-refractivity contribution in [3.63, 3.8) is 0 Å². The lowest BCUT2D eigenvalue weighted by Gasteiger charge is -2.11. The standard InChI is InChI=1S/C21H29N5O2S/c1-14-6-5-7-15(2)20(14)24-18(27)12-22-19(28)13-29-21-23-17(25-26-21)11-10-16-8-3-4-9-16/h5-7,16H,3-4,8-13H2,1-2H3,(H,22,28)(H,24,27)(H,23,25,26). The van der Waals surface area contributed by atoms with Crippen LogP contribution in [0.25, 0.3) is 0 Å². The molecule has 0 spiro atoms. The molecule has 3 rings (SSSR count). The molecular formula is C21H29N5O2S. The summed E-state index contributed by atoms with van der Waals surface area (Å²) < 4.78 is 0. The summed E-state index contributed by atoms with van der Waals surface area (Å²) in [7, 11) is 0. The molecule has 1 aromatic heterocycles. The Kier molecular flexibility index (Phi) is 7.69. The predicted molar refractivity (Wildman–Crippen MR) is 115 cm³/mol. The Labute approximate surface area is 175 Å². The number of rotatable bonds is 9. The summed E-state index contributed by atoms with van der Waals surface area (Å²) in [5, 5.41) is 13.2. The Bertz CT molecular complexity index is 825. The van der Waals surface area contributed by atoms with Crippen LogP contribution >= 0.6 is 11.8 Å². The summed E-state index contributed by atoms with van der Waals surface area (Å²) in [4.78, 5) is 28.6. The van der Waals surface area contributed by atoms with Crippen LogP contribution in [0.15, 0.2) is 23.4 Å². The summed E-state index contributed by atoms with van der Waals surface area (Å²) in [5.41, 5.74) is 2.79. The highest BCUT2D eigenvalue weighted by Gasteiger charge is 2.16. The van der Waals surface area contributed by atoms with E-state index in [1.807, 2.05) is 32.0 Å². The van der Waals surface area contributed by atoms with E-state index in [9.17, 15) is 9.59 Å². The number of benzene rings is 1. The van der Waals surface area contributed by atoms with Gasteiger partial charge in [0.25, 0.3) is 0 Å². The van der Waals surface area contributed by atoms with Gasteiger partial charge in [-0.3, -0.25) is 14.7 Å². The van der Waals surface area contributed by atoms with Gasteiger partial charge < -0.3 is 10.6 Å². The molecule has 29 heavy (non-hydrogen) atoms. The number of H-pyrrole nitrogens is 1. The van der Waals surface area contributed by atoms with E-state index in [0.29, 0.717) is 5.16 Å².